The van der Waals surface area contributed by atoms with E-state index in [9.17, 15) is 4.79 Å². The van der Waals surface area contributed by atoms with Gasteiger partial charge in [0.1, 0.15) is 6.29 Å². The largest absolute Gasteiger partial charge is 0.354 e. The zero-order chi connectivity index (χ0) is 13.9. The zero-order valence-electron chi connectivity index (χ0n) is 11.6. The number of carbonyl (C=O) groups excluding carboxylic acids is 1. The van der Waals surface area contributed by atoms with E-state index in [2.05, 4.69) is 44.7 Å². The number of hydrogen-bond donors (Lipinski definition) is 3. The average Bonchev–Trinajstić information content (AvgIpc) is 2.43. The molecule has 19 heavy (non-hydrogen) atoms. The molecule has 0 atom stereocenters. The Morgan fingerprint density at radius 1 is 0.842 bits per heavy atom. The van der Waals surface area contributed by atoms with Gasteiger partial charge < -0.3 is 20.7 Å². The summed E-state index contributed by atoms with van der Waals surface area (Å²) in [6.07, 6.45) is 3.29. The molecular weight excluding hydrogens is 244 g/mol. The van der Waals surface area contributed by atoms with E-state index in [-0.39, 0.29) is 0 Å². The molecular formula is C12H22N6O. The van der Waals surface area contributed by atoms with Gasteiger partial charge in [0.05, 0.1) is 0 Å². The van der Waals surface area contributed by atoms with Gasteiger partial charge in [-0.2, -0.15) is 15.0 Å². The summed E-state index contributed by atoms with van der Waals surface area (Å²) in [5.74, 6) is 1.57. The summed E-state index contributed by atoms with van der Waals surface area (Å²) in [6.45, 7) is 6.30. The Morgan fingerprint density at radius 3 is 1.63 bits per heavy atom. The fourth-order valence-corrected chi connectivity index (χ4v) is 1.33. The van der Waals surface area contributed by atoms with E-state index in [0.29, 0.717) is 30.8 Å². The van der Waals surface area contributed by atoms with Crippen molar-refractivity contribution in [3.8, 4) is 0 Å². The number of rotatable bonds is 10. The van der Waals surface area contributed by atoms with Crippen molar-refractivity contribution in [1.29, 1.82) is 0 Å². The van der Waals surface area contributed by atoms with Gasteiger partial charge in [0, 0.05) is 26.1 Å². The van der Waals surface area contributed by atoms with Gasteiger partial charge in [0.25, 0.3) is 0 Å². The standard InChI is InChI=1S/C12H22N6O/c1-3-6-13-10-16-11(14-7-4-2)18-12(17-10)15-8-5-9-19/h9H,3-8H2,1-2H3,(H3,13,14,15,16,17,18). The molecule has 0 bridgehead atoms. The highest BCUT2D eigenvalue weighted by Crippen LogP contribution is 2.09. The first-order valence-electron chi connectivity index (χ1n) is 6.71. The summed E-state index contributed by atoms with van der Waals surface area (Å²) in [7, 11) is 0. The van der Waals surface area contributed by atoms with Crippen LogP contribution in [-0.4, -0.2) is 40.9 Å². The van der Waals surface area contributed by atoms with Crippen LogP contribution < -0.4 is 16.0 Å². The Kier molecular flexibility index (Phi) is 7.23. The first kappa shape index (κ1) is 15.1. The van der Waals surface area contributed by atoms with Crippen LogP contribution in [0.1, 0.15) is 33.1 Å². The normalized spacial score (nSPS) is 10.0. The topological polar surface area (TPSA) is 91.8 Å². The molecule has 106 valence electrons. The third-order valence-electron chi connectivity index (χ3n) is 2.25. The van der Waals surface area contributed by atoms with E-state index in [1.165, 1.54) is 0 Å². The smallest absolute Gasteiger partial charge is 0.229 e. The SMILES string of the molecule is CCCNc1nc(NCCC)nc(NCCC=O)n1. The molecule has 1 aromatic rings. The Morgan fingerprint density at radius 2 is 1.26 bits per heavy atom. The molecule has 0 unspecified atom stereocenters. The van der Waals surface area contributed by atoms with Crippen LogP contribution in [0.4, 0.5) is 17.8 Å². The van der Waals surface area contributed by atoms with Gasteiger partial charge >= 0.3 is 0 Å². The summed E-state index contributed by atoms with van der Waals surface area (Å²) in [5.41, 5.74) is 0. The van der Waals surface area contributed by atoms with Crippen molar-refractivity contribution < 1.29 is 4.79 Å². The average molecular weight is 266 g/mol. The maximum absolute atomic E-state index is 10.3. The van der Waals surface area contributed by atoms with Crippen LogP contribution in [0, 0.1) is 0 Å². The van der Waals surface area contributed by atoms with Crippen molar-refractivity contribution >= 4 is 24.1 Å². The Labute approximate surface area is 113 Å². The van der Waals surface area contributed by atoms with E-state index < -0.39 is 0 Å². The van der Waals surface area contributed by atoms with Crippen LogP contribution in [-0.2, 0) is 4.79 Å². The Bertz CT molecular complexity index is 358. The van der Waals surface area contributed by atoms with E-state index in [4.69, 9.17) is 0 Å². The molecule has 0 fully saturated rings. The molecule has 0 aromatic carbocycles. The van der Waals surface area contributed by atoms with E-state index >= 15 is 0 Å². The summed E-state index contributed by atoms with van der Waals surface area (Å²) in [5, 5.41) is 9.27. The van der Waals surface area contributed by atoms with Crippen LogP contribution in [0.3, 0.4) is 0 Å². The molecule has 0 radical (unpaired) electrons. The third-order valence-corrected chi connectivity index (χ3v) is 2.25. The van der Waals surface area contributed by atoms with Crippen LogP contribution in [0.2, 0.25) is 0 Å². The lowest BCUT2D eigenvalue weighted by molar-refractivity contribution is -0.107. The van der Waals surface area contributed by atoms with Gasteiger partial charge in [-0.1, -0.05) is 13.8 Å². The maximum atomic E-state index is 10.3. The van der Waals surface area contributed by atoms with Gasteiger partial charge in [0.2, 0.25) is 17.8 Å². The molecule has 7 nitrogen and oxygen atoms in total. The molecule has 0 aliphatic rings. The number of hydrogen-bond acceptors (Lipinski definition) is 7. The number of nitrogens with zero attached hydrogens (tertiary/aromatic N) is 3. The number of aromatic nitrogens is 3. The summed E-state index contributed by atoms with van der Waals surface area (Å²) >= 11 is 0. The molecule has 7 heteroatoms. The van der Waals surface area contributed by atoms with Crippen molar-refractivity contribution in [2.24, 2.45) is 0 Å². The van der Waals surface area contributed by atoms with Gasteiger partial charge in [-0.15, -0.1) is 0 Å². The van der Waals surface area contributed by atoms with Gasteiger partial charge in [-0.3, -0.25) is 0 Å². The van der Waals surface area contributed by atoms with Gasteiger partial charge in [0.15, 0.2) is 0 Å². The summed E-state index contributed by atoms with van der Waals surface area (Å²) in [6, 6.07) is 0. The van der Waals surface area contributed by atoms with E-state index in [1.807, 2.05) is 0 Å². The summed E-state index contributed by atoms with van der Waals surface area (Å²) < 4.78 is 0. The highest BCUT2D eigenvalue weighted by atomic mass is 16.1. The van der Waals surface area contributed by atoms with E-state index in [0.717, 1.165) is 32.2 Å². The Balaban J connectivity index is 2.72. The first-order valence-corrected chi connectivity index (χ1v) is 6.71. The third kappa shape index (κ3) is 5.98. The minimum atomic E-state index is 0.432. The fraction of sp³-hybridized carbons (Fsp3) is 0.667. The van der Waals surface area contributed by atoms with Crippen molar-refractivity contribution in [2.45, 2.75) is 33.1 Å². The second-order valence-electron chi connectivity index (χ2n) is 4.04. The lowest BCUT2D eigenvalue weighted by Crippen LogP contribution is -2.14. The van der Waals surface area contributed by atoms with Crippen LogP contribution in [0.25, 0.3) is 0 Å². The molecule has 0 amide bonds. The minimum absolute atomic E-state index is 0.432. The molecule has 0 spiro atoms. The lowest BCUT2D eigenvalue weighted by atomic mass is 10.5. The second kappa shape index (κ2) is 9.07. The quantitative estimate of drug-likeness (QED) is 0.437. The number of aldehydes is 1. The van der Waals surface area contributed by atoms with E-state index in [1.54, 1.807) is 0 Å². The zero-order valence-corrected chi connectivity index (χ0v) is 11.6. The molecule has 3 N–H and O–H groups in total. The fourth-order valence-electron chi connectivity index (χ4n) is 1.33. The highest BCUT2D eigenvalue weighted by Gasteiger charge is 2.05. The molecule has 0 saturated carbocycles. The maximum Gasteiger partial charge on any atom is 0.229 e. The predicted molar refractivity (Wildman–Crippen MR) is 76.6 cm³/mol. The summed E-state index contributed by atoms with van der Waals surface area (Å²) in [4.78, 5) is 23.1. The van der Waals surface area contributed by atoms with Crippen LogP contribution >= 0.6 is 0 Å². The van der Waals surface area contributed by atoms with Crippen LogP contribution in [0.5, 0.6) is 0 Å². The molecule has 1 rings (SSSR count). The van der Waals surface area contributed by atoms with Crippen LogP contribution in [0.15, 0.2) is 0 Å². The molecule has 1 heterocycles. The molecule has 0 saturated heterocycles. The second-order valence-corrected chi connectivity index (χ2v) is 4.04. The lowest BCUT2D eigenvalue weighted by Gasteiger charge is -2.10. The number of nitrogens with one attached hydrogen (secondary N) is 3. The van der Waals surface area contributed by atoms with Gasteiger partial charge in [-0.25, -0.2) is 0 Å². The minimum Gasteiger partial charge on any atom is -0.354 e. The highest BCUT2D eigenvalue weighted by molar-refractivity contribution is 5.50. The van der Waals surface area contributed by atoms with Gasteiger partial charge in [-0.05, 0) is 12.8 Å². The molecule has 0 aliphatic carbocycles. The Hall–Kier alpha value is -1.92. The number of anilines is 3. The van der Waals surface area contributed by atoms with Crippen molar-refractivity contribution in [3.05, 3.63) is 0 Å². The van der Waals surface area contributed by atoms with Crippen molar-refractivity contribution in [2.75, 3.05) is 35.6 Å². The first-order chi connectivity index (χ1) is 9.30. The molecule has 1 aromatic heterocycles. The van der Waals surface area contributed by atoms with Crippen molar-refractivity contribution in [3.63, 3.8) is 0 Å². The number of carbonyl (C=O) groups is 1. The monoisotopic (exact) mass is 266 g/mol. The molecule has 0 aliphatic heterocycles. The predicted octanol–water partition coefficient (Wildman–Crippen LogP) is 1.52. The van der Waals surface area contributed by atoms with Crippen molar-refractivity contribution in [1.82, 2.24) is 15.0 Å².